The van der Waals surface area contributed by atoms with E-state index in [0.717, 1.165) is 36.6 Å². The number of nitrogens with zero attached hydrogens (tertiary/aromatic N) is 3. The van der Waals surface area contributed by atoms with Crippen LogP contribution in [0.1, 0.15) is 17.8 Å². The van der Waals surface area contributed by atoms with Crippen molar-refractivity contribution in [1.29, 1.82) is 0 Å². The lowest BCUT2D eigenvalue weighted by Crippen LogP contribution is -2.20. The molecule has 0 saturated carbocycles. The third-order valence-electron chi connectivity index (χ3n) is 3.26. The Hall–Kier alpha value is -1.65. The van der Waals surface area contributed by atoms with Crippen molar-refractivity contribution in [1.82, 2.24) is 20.3 Å². The molecule has 3 rings (SSSR count). The zero-order valence-electron chi connectivity index (χ0n) is 10.8. The third-order valence-corrected chi connectivity index (χ3v) is 3.26. The summed E-state index contributed by atoms with van der Waals surface area (Å²) in [5, 5.41) is 11.9. The largest absolute Gasteiger partial charge is 0.313 e. The van der Waals surface area contributed by atoms with Crippen molar-refractivity contribution in [3.05, 3.63) is 47.8 Å². The van der Waals surface area contributed by atoms with E-state index < -0.39 is 0 Å². The van der Waals surface area contributed by atoms with Crippen molar-refractivity contribution in [2.24, 2.45) is 0 Å². The van der Waals surface area contributed by atoms with Crippen LogP contribution in [0.5, 0.6) is 0 Å². The molecule has 19 heavy (non-hydrogen) atoms. The predicted molar refractivity (Wildman–Crippen MR) is 78.8 cm³/mol. The topological polar surface area (TPSA) is 42.7 Å². The fraction of sp³-hybridized carbons (Fsp3) is 0.286. The molecule has 0 atom stereocenters. The maximum atomic E-state index is 4.33. The molecular formula is C14H17ClN4. The molecule has 1 aromatic carbocycles. The number of nitrogens with one attached hydrogen (secondary N) is 1. The third kappa shape index (κ3) is 2.69. The molecule has 5 heteroatoms. The van der Waals surface area contributed by atoms with E-state index in [9.17, 15) is 0 Å². The summed E-state index contributed by atoms with van der Waals surface area (Å²) in [4.78, 5) is 0. The summed E-state index contributed by atoms with van der Waals surface area (Å²) in [6.07, 6.45) is 3.23. The quantitative estimate of drug-likeness (QED) is 0.916. The first-order valence-corrected chi connectivity index (χ1v) is 6.24. The summed E-state index contributed by atoms with van der Waals surface area (Å²) in [7, 11) is 0. The average Bonchev–Trinajstić information content (AvgIpc) is 2.83. The molecule has 0 amide bonds. The first kappa shape index (κ1) is 13.8. The van der Waals surface area contributed by atoms with Gasteiger partial charge in [-0.05, 0) is 37.6 Å². The molecule has 4 nitrogen and oxygen atoms in total. The molecule has 0 radical (unpaired) electrons. The van der Waals surface area contributed by atoms with Gasteiger partial charge in [0.1, 0.15) is 5.69 Å². The summed E-state index contributed by atoms with van der Waals surface area (Å²) in [6.45, 7) is 4.02. The van der Waals surface area contributed by atoms with Gasteiger partial charge in [-0.3, -0.25) is 0 Å². The van der Waals surface area contributed by atoms with E-state index in [0.29, 0.717) is 0 Å². The van der Waals surface area contributed by atoms with Crippen molar-refractivity contribution in [2.45, 2.75) is 13.3 Å². The van der Waals surface area contributed by atoms with Crippen LogP contribution < -0.4 is 5.32 Å². The Kier molecular flexibility index (Phi) is 4.35. The molecular weight excluding hydrogens is 260 g/mol. The van der Waals surface area contributed by atoms with Crippen LogP contribution in [0.3, 0.4) is 0 Å². The highest BCUT2D eigenvalue weighted by atomic mass is 35.5. The molecule has 2 heterocycles. The average molecular weight is 277 g/mol. The first-order chi connectivity index (χ1) is 8.86. The maximum Gasteiger partial charge on any atom is 0.112 e. The molecule has 0 bridgehead atoms. The summed E-state index contributed by atoms with van der Waals surface area (Å²) in [5.74, 6) is 0. The number of aromatic nitrogens is 3. The predicted octanol–water partition coefficient (Wildman–Crippen LogP) is 2.37. The first-order valence-electron chi connectivity index (χ1n) is 6.24. The number of hydrogen-bond acceptors (Lipinski definition) is 3. The second-order valence-electron chi connectivity index (χ2n) is 4.45. The number of halogens is 1. The fourth-order valence-corrected chi connectivity index (χ4v) is 2.28. The van der Waals surface area contributed by atoms with E-state index >= 15 is 0 Å². The van der Waals surface area contributed by atoms with Gasteiger partial charge in [0.05, 0.1) is 11.4 Å². The molecule has 1 aliphatic rings. The van der Waals surface area contributed by atoms with Gasteiger partial charge in [-0.2, -0.15) is 0 Å². The smallest absolute Gasteiger partial charge is 0.112 e. The minimum Gasteiger partial charge on any atom is -0.313 e. The SMILES string of the molecule is Cc1c(C2=CCNCC2)nnn1-c1ccccc1.Cl. The van der Waals surface area contributed by atoms with Gasteiger partial charge in [0.2, 0.25) is 0 Å². The van der Waals surface area contributed by atoms with Crippen molar-refractivity contribution >= 4 is 18.0 Å². The molecule has 0 aliphatic carbocycles. The molecule has 1 aromatic heterocycles. The summed E-state index contributed by atoms with van der Waals surface area (Å²) in [5.41, 5.74) is 4.49. The molecule has 1 N–H and O–H groups in total. The van der Waals surface area contributed by atoms with Gasteiger partial charge in [-0.15, -0.1) is 17.5 Å². The van der Waals surface area contributed by atoms with Gasteiger partial charge >= 0.3 is 0 Å². The highest BCUT2D eigenvalue weighted by Crippen LogP contribution is 2.22. The molecule has 0 unspecified atom stereocenters. The van der Waals surface area contributed by atoms with Crippen molar-refractivity contribution in [2.75, 3.05) is 13.1 Å². The zero-order chi connectivity index (χ0) is 12.4. The van der Waals surface area contributed by atoms with Crippen LogP contribution in [0.4, 0.5) is 0 Å². The highest BCUT2D eigenvalue weighted by Gasteiger charge is 2.15. The number of rotatable bonds is 2. The van der Waals surface area contributed by atoms with E-state index in [4.69, 9.17) is 0 Å². The fourth-order valence-electron chi connectivity index (χ4n) is 2.28. The molecule has 100 valence electrons. The Morgan fingerprint density at radius 2 is 2.00 bits per heavy atom. The Labute approximate surface area is 118 Å². The molecule has 0 fully saturated rings. The summed E-state index contributed by atoms with van der Waals surface area (Å²) >= 11 is 0. The van der Waals surface area contributed by atoms with Crippen LogP contribution in [0.15, 0.2) is 36.4 Å². The van der Waals surface area contributed by atoms with Crippen LogP contribution in [0.2, 0.25) is 0 Å². The van der Waals surface area contributed by atoms with Crippen molar-refractivity contribution in [3.63, 3.8) is 0 Å². The van der Waals surface area contributed by atoms with Crippen LogP contribution in [-0.4, -0.2) is 28.1 Å². The molecule has 0 saturated heterocycles. The van der Waals surface area contributed by atoms with Gasteiger partial charge in [-0.25, -0.2) is 4.68 Å². The summed E-state index contributed by atoms with van der Waals surface area (Å²) < 4.78 is 1.90. The van der Waals surface area contributed by atoms with Crippen LogP contribution >= 0.6 is 12.4 Å². The van der Waals surface area contributed by atoms with Gasteiger partial charge in [-0.1, -0.05) is 29.5 Å². The van der Waals surface area contributed by atoms with E-state index in [2.05, 4.69) is 28.6 Å². The van der Waals surface area contributed by atoms with E-state index in [1.807, 2.05) is 35.0 Å². The Bertz CT molecular complexity index is 574. The van der Waals surface area contributed by atoms with Crippen LogP contribution in [0, 0.1) is 6.92 Å². The minimum absolute atomic E-state index is 0. The lowest BCUT2D eigenvalue weighted by atomic mass is 10.0. The van der Waals surface area contributed by atoms with Crippen LogP contribution in [0.25, 0.3) is 11.3 Å². The Morgan fingerprint density at radius 1 is 1.21 bits per heavy atom. The Balaban J connectivity index is 0.00000133. The van der Waals surface area contributed by atoms with E-state index in [-0.39, 0.29) is 12.4 Å². The minimum atomic E-state index is 0. The van der Waals surface area contributed by atoms with Gasteiger partial charge in [0.25, 0.3) is 0 Å². The van der Waals surface area contributed by atoms with Crippen molar-refractivity contribution in [3.8, 4) is 5.69 Å². The lowest BCUT2D eigenvalue weighted by Gasteiger charge is -2.12. The van der Waals surface area contributed by atoms with E-state index in [1.165, 1.54) is 5.57 Å². The normalized spacial score (nSPS) is 14.7. The number of benzene rings is 1. The lowest BCUT2D eigenvalue weighted by molar-refractivity contribution is 0.736. The molecule has 0 spiro atoms. The molecule has 2 aromatic rings. The van der Waals surface area contributed by atoms with Crippen molar-refractivity contribution < 1.29 is 0 Å². The van der Waals surface area contributed by atoms with E-state index in [1.54, 1.807) is 0 Å². The Morgan fingerprint density at radius 3 is 2.68 bits per heavy atom. The monoisotopic (exact) mass is 276 g/mol. The zero-order valence-corrected chi connectivity index (χ0v) is 11.7. The maximum absolute atomic E-state index is 4.33. The van der Waals surface area contributed by atoms with Gasteiger partial charge in [0, 0.05) is 6.54 Å². The standard InChI is InChI=1S/C14H16N4.ClH/c1-11-14(12-7-9-15-10-8-12)16-17-18(11)13-5-3-2-4-6-13;/h2-7,15H,8-10H2,1H3;1H. The summed E-state index contributed by atoms with van der Waals surface area (Å²) in [6, 6.07) is 10.1. The highest BCUT2D eigenvalue weighted by molar-refractivity contribution is 5.85. The molecule has 1 aliphatic heterocycles. The number of para-hydroxylation sites is 1. The van der Waals surface area contributed by atoms with Crippen LogP contribution in [-0.2, 0) is 0 Å². The second-order valence-corrected chi connectivity index (χ2v) is 4.45. The second kappa shape index (κ2) is 5.99. The number of hydrogen-bond donors (Lipinski definition) is 1. The van der Waals surface area contributed by atoms with Gasteiger partial charge in [0.15, 0.2) is 0 Å². The van der Waals surface area contributed by atoms with Gasteiger partial charge < -0.3 is 5.32 Å².